The Bertz CT molecular complexity index is 1030. The second kappa shape index (κ2) is 10.4. The molecule has 2 aromatic carbocycles. The zero-order valence-electron chi connectivity index (χ0n) is 18.1. The van der Waals surface area contributed by atoms with Crippen molar-refractivity contribution >= 4 is 11.0 Å². The molecule has 1 heterocycles. The van der Waals surface area contributed by atoms with E-state index in [0.29, 0.717) is 25.4 Å². The van der Waals surface area contributed by atoms with E-state index in [9.17, 15) is 4.39 Å². The summed E-state index contributed by atoms with van der Waals surface area (Å²) in [5.74, 6) is 2.17. The number of rotatable bonds is 10. The first-order valence-corrected chi connectivity index (χ1v) is 11.0. The van der Waals surface area contributed by atoms with Crippen molar-refractivity contribution in [1.29, 1.82) is 0 Å². The highest BCUT2D eigenvalue weighted by Crippen LogP contribution is 2.23. The Kier molecular flexibility index (Phi) is 7.20. The van der Waals surface area contributed by atoms with Crippen LogP contribution in [-0.2, 0) is 13.1 Å². The summed E-state index contributed by atoms with van der Waals surface area (Å²) in [5.41, 5.74) is 3.54. The molecule has 0 bridgehead atoms. The van der Waals surface area contributed by atoms with E-state index in [-0.39, 0.29) is 5.82 Å². The molecule has 0 saturated carbocycles. The normalized spacial score (nSPS) is 13.9. The molecular weight excluding hydrogens is 393 g/mol. The van der Waals surface area contributed by atoms with Crippen LogP contribution < -0.4 is 14.8 Å². The van der Waals surface area contributed by atoms with Crippen molar-refractivity contribution in [3.05, 3.63) is 65.8 Å². The highest BCUT2D eigenvalue weighted by molar-refractivity contribution is 5.77. The first kappa shape index (κ1) is 21.4. The fraction of sp³-hybridized carbons (Fsp3) is 0.400. The third-order valence-electron chi connectivity index (χ3n) is 5.72. The summed E-state index contributed by atoms with van der Waals surface area (Å²) in [4.78, 5) is 4.84. The number of ether oxygens (including phenoxy) is 2. The first-order chi connectivity index (χ1) is 15.2. The number of allylic oxidation sites excluding steroid dienone is 1. The van der Waals surface area contributed by atoms with Crippen LogP contribution in [0.2, 0.25) is 0 Å². The smallest absolute Gasteiger partial charge is 0.124 e. The monoisotopic (exact) mass is 423 g/mol. The van der Waals surface area contributed by atoms with Gasteiger partial charge in [0.1, 0.15) is 29.7 Å². The zero-order chi connectivity index (χ0) is 21.5. The van der Waals surface area contributed by atoms with Crippen LogP contribution in [0.15, 0.2) is 54.1 Å². The van der Waals surface area contributed by atoms with E-state index in [1.165, 1.54) is 37.8 Å². The van der Waals surface area contributed by atoms with Crippen molar-refractivity contribution in [2.24, 2.45) is 0 Å². The molecule has 31 heavy (non-hydrogen) atoms. The lowest BCUT2D eigenvalue weighted by Crippen LogP contribution is -2.20. The predicted octanol–water partition coefficient (Wildman–Crippen LogP) is 5.24. The molecule has 0 radical (unpaired) electrons. The summed E-state index contributed by atoms with van der Waals surface area (Å²) in [6, 6.07) is 12.1. The van der Waals surface area contributed by atoms with Gasteiger partial charge >= 0.3 is 0 Å². The number of nitrogens with one attached hydrogen (secondary N) is 1. The number of imidazole rings is 1. The number of nitrogens with zero attached hydrogens (tertiary/aromatic N) is 2. The maximum absolute atomic E-state index is 13.1. The first-order valence-electron chi connectivity index (χ1n) is 11.0. The van der Waals surface area contributed by atoms with Crippen LogP contribution >= 0.6 is 0 Å². The largest absolute Gasteiger partial charge is 0.497 e. The fourth-order valence-corrected chi connectivity index (χ4v) is 4.04. The standard InChI is InChI=1S/C25H30FN3O2/c1-30-22-11-12-24-23(17-22)28-25(18-27-14-13-19-5-3-2-4-6-19)29(24)15-16-31-21-9-7-20(26)8-10-21/h5,7-12,17,27H,2-4,6,13-16,18H2,1H3. The lowest BCUT2D eigenvalue weighted by atomic mass is 9.97. The topological polar surface area (TPSA) is 48.3 Å². The van der Waals surface area contributed by atoms with E-state index in [2.05, 4.69) is 16.0 Å². The number of methoxy groups -OCH3 is 1. The van der Waals surface area contributed by atoms with Gasteiger partial charge in [-0.2, -0.15) is 0 Å². The minimum atomic E-state index is -0.265. The van der Waals surface area contributed by atoms with Gasteiger partial charge in [0.25, 0.3) is 0 Å². The maximum Gasteiger partial charge on any atom is 0.124 e. The lowest BCUT2D eigenvalue weighted by molar-refractivity contribution is 0.297. The molecule has 1 aliphatic carbocycles. The van der Waals surface area contributed by atoms with Gasteiger partial charge in [-0.15, -0.1) is 0 Å². The van der Waals surface area contributed by atoms with Crippen molar-refractivity contribution in [2.75, 3.05) is 20.3 Å². The summed E-state index contributed by atoms with van der Waals surface area (Å²) >= 11 is 0. The second-order valence-electron chi connectivity index (χ2n) is 7.87. The maximum atomic E-state index is 13.1. The van der Waals surface area contributed by atoms with Crippen LogP contribution in [0.25, 0.3) is 11.0 Å². The molecule has 1 aromatic heterocycles. The molecule has 3 aromatic rings. The molecule has 0 spiro atoms. The SMILES string of the molecule is COc1ccc2c(c1)nc(CNCCC1=CCCCC1)n2CCOc1ccc(F)cc1. The van der Waals surface area contributed by atoms with Crippen molar-refractivity contribution < 1.29 is 13.9 Å². The Hall–Kier alpha value is -2.86. The summed E-state index contributed by atoms with van der Waals surface area (Å²) in [6.07, 6.45) is 8.60. The third kappa shape index (κ3) is 5.64. The van der Waals surface area contributed by atoms with Crippen molar-refractivity contribution in [2.45, 2.75) is 45.2 Å². The van der Waals surface area contributed by atoms with Gasteiger partial charge in [-0.25, -0.2) is 9.37 Å². The molecule has 0 saturated heterocycles. The van der Waals surface area contributed by atoms with E-state index in [0.717, 1.165) is 35.6 Å². The molecule has 5 nitrogen and oxygen atoms in total. The van der Waals surface area contributed by atoms with E-state index < -0.39 is 0 Å². The number of aromatic nitrogens is 2. The molecule has 1 aliphatic rings. The number of hydrogen-bond acceptors (Lipinski definition) is 4. The zero-order valence-corrected chi connectivity index (χ0v) is 18.1. The third-order valence-corrected chi connectivity index (χ3v) is 5.72. The second-order valence-corrected chi connectivity index (χ2v) is 7.87. The highest BCUT2D eigenvalue weighted by Gasteiger charge is 2.12. The molecular formula is C25H30FN3O2. The van der Waals surface area contributed by atoms with Gasteiger partial charge in [0.05, 0.1) is 31.2 Å². The van der Waals surface area contributed by atoms with E-state index in [4.69, 9.17) is 14.5 Å². The van der Waals surface area contributed by atoms with Gasteiger partial charge < -0.3 is 19.4 Å². The molecule has 0 atom stereocenters. The Morgan fingerprint density at radius 2 is 1.94 bits per heavy atom. The van der Waals surface area contributed by atoms with E-state index in [1.54, 1.807) is 24.8 Å². The van der Waals surface area contributed by atoms with Crippen molar-refractivity contribution in [3.63, 3.8) is 0 Å². The molecule has 0 unspecified atom stereocenters. The van der Waals surface area contributed by atoms with E-state index >= 15 is 0 Å². The van der Waals surface area contributed by atoms with Gasteiger partial charge in [-0.3, -0.25) is 0 Å². The van der Waals surface area contributed by atoms with E-state index in [1.807, 2.05) is 18.2 Å². The Morgan fingerprint density at radius 3 is 2.71 bits per heavy atom. The molecule has 4 rings (SSSR count). The van der Waals surface area contributed by atoms with Crippen LogP contribution in [0.4, 0.5) is 4.39 Å². The van der Waals surface area contributed by atoms with Gasteiger partial charge in [-0.1, -0.05) is 11.6 Å². The Morgan fingerprint density at radius 1 is 1.10 bits per heavy atom. The number of halogens is 1. The average molecular weight is 424 g/mol. The summed E-state index contributed by atoms with van der Waals surface area (Å²) in [7, 11) is 1.66. The highest BCUT2D eigenvalue weighted by atomic mass is 19.1. The Labute approximate surface area is 182 Å². The molecule has 6 heteroatoms. The minimum Gasteiger partial charge on any atom is -0.497 e. The number of fused-ring (bicyclic) bond motifs is 1. The van der Waals surface area contributed by atoms with Crippen LogP contribution in [0.1, 0.15) is 37.9 Å². The number of benzene rings is 2. The van der Waals surface area contributed by atoms with Gasteiger partial charge in [0, 0.05) is 6.07 Å². The van der Waals surface area contributed by atoms with Gasteiger partial charge in [-0.05, 0) is 75.0 Å². The number of hydrogen-bond donors (Lipinski definition) is 1. The summed E-state index contributed by atoms with van der Waals surface area (Å²) in [6.45, 7) is 2.77. The Balaban J connectivity index is 1.42. The molecule has 164 valence electrons. The van der Waals surface area contributed by atoms with Crippen LogP contribution in [0.3, 0.4) is 0 Å². The molecule has 0 fully saturated rings. The average Bonchev–Trinajstić information content (AvgIpc) is 3.15. The van der Waals surface area contributed by atoms with Gasteiger partial charge in [0.2, 0.25) is 0 Å². The van der Waals surface area contributed by atoms with Crippen LogP contribution in [0, 0.1) is 5.82 Å². The molecule has 1 N–H and O–H groups in total. The van der Waals surface area contributed by atoms with Crippen molar-refractivity contribution in [1.82, 2.24) is 14.9 Å². The quantitative estimate of drug-likeness (QED) is 0.358. The fourth-order valence-electron chi connectivity index (χ4n) is 4.04. The minimum absolute atomic E-state index is 0.265. The predicted molar refractivity (Wildman–Crippen MR) is 121 cm³/mol. The summed E-state index contributed by atoms with van der Waals surface area (Å²) in [5, 5.41) is 3.56. The van der Waals surface area contributed by atoms with Crippen LogP contribution in [0.5, 0.6) is 11.5 Å². The lowest BCUT2D eigenvalue weighted by Gasteiger charge is -2.14. The van der Waals surface area contributed by atoms with Gasteiger partial charge in [0.15, 0.2) is 0 Å². The molecule has 0 aliphatic heterocycles. The molecule has 0 amide bonds. The van der Waals surface area contributed by atoms with Crippen molar-refractivity contribution in [3.8, 4) is 11.5 Å². The summed E-state index contributed by atoms with van der Waals surface area (Å²) < 4.78 is 26.5. The van der Waals surface area contributed by atoms with Crippen LogP contribution in [-0.4, -0.2) is 29.8 Å².